The molecule has 0 aromatic rings. The van der Waals surface area contributed by atoms with Gasteiger partial charge >= 0.3 is 0 Å². The first-order valence-corrected chi connectivity index (χ1v) is 7.57. The number of carbonyl (C=O) groups is 1. The number of hydrogen-bond acceptors (Lipinski definition) is 2. The number of hydrogen-bond donors (Lipinski definition) is 1. The topological polar surface area (TPSA) is 46.3 Å². The van der Waals surface area contributed by atoms with Crippen LogP contribution in [0, 0.1) is 5.41 Å². The number of piperidine rings is 1. The molecule has 0 spiro atoms. The minimum atomic E-state index is -0.551. The van der Waals surface area contributed by atoms with Crippen LogP contribution in [-0.2, 0) is 4.79 Å². The highest BCUT2D eigenvalue weighted by Crippen LogP contribution is 2.35. The zero-order valence-corrected chi connectivity index (χ0v) is 12.0. The second kappa shape index (κ2) is 5.20. The Hall–Kier alpha value is -0.570. The van der Waals surface area contributed by atoms with E-state index in [2.05, 4.69) is 18.7 Å². The van der Waals surface area contributed by atoms with Crippen molar-refractivity contribution in [1.82, 2.24) is 4.90 Å². The summed E-state index contributed by atoms with van der Waals surface area (Å²) in [6.45, 7) is 6.35. The molecule has 1 heterocycles. The van der Waals surface area contributed by atoms with Crippen LogP contribution in [0.1, 0.15) is 65.2 Å². The first-order chi connectivity index (χ1) is 8.49. The van der Waals surface area contributed by atoms with Gasteiger partial charge in [-0.3, -0.25) is 4.79 Å². The minimum absolute atomic E-state index is 0.224. The second-order valence-electron chi connectivity index (χ2n) is 6.71. The van der Waals surface area contributed by atoms with Crippen LogP contribution in [0.2, 0.25) is 0 Å². The Morgan fingerprint density at radius 2 is 1.83 bits per heavy atom. The lowest BCUT2D eigenvalue weighted by Gasteiger charge is -2.44. The van der Waals surface area contributed by atoms with E-state index in [-0.39, 0.29) is 5.91 Å². The lowest BCUT2D eigenvalue weighted by Crippen LogP contribution is -2.59. The summed E-state index contributed by atoms with van der Waals surface area (Å²) in [7, 11) is 0. The Bertz CT molecular complexity index is 310. The molecule has 104 valence electrons. The van der Waals surface area contributed by atoms with Crippen LogP contribution < -0.4 is 5.73 Å². The fourth-order valence-electron chi connectivity index (χ4n) is 3.49. The fraction of sp³-hybridized carbons (Fsp3) is 0.933. The molecule has 2 aliphatic rings. The highest BCUT2D eigenvalue weighted by molar-refractivity contribution is 5.86. The van der Waals surface area contributed by atoms with E-state index in [1.807, 2.05) is 0 Å². The summed E-state index contributed by atoms with van der Waals surface area (Å²) < 4.78 is 0. The first-order valence-electron chi connectivity index (χ1n) is 7.57. The fourth-order valence-corrected chi connectivity index (χ4v) is 3.49. The van der Waals surface area contributed by atoms with Gasteiger partial charge in [0, 0.05) is 13.1 Å². The lowest BCUT2D eigenvalue weighted by atomic mass is 9.77. The first kappa shape index (κ1) is 13.9. The number of amides is 1. The standard InChI is InChI=1S/C15H28N2O/c1-3-14(2)8-7-11-17(12-14)13(18)15(16)9-5-4-6-10-15/h3-12,16H2,1-2H3. The quantitative estimate of drug-likeness (QED) is 0.821. The predicted octanol–water partition coefficient (Wildman–Crippen LogP) is 2.69. The highest BCUT2D eigenvalue weighted by atomic mass is 16.2. The molecule has 1 saturated carbocycles. The van der Waals surface area contributed by atoms with Crippen molar-refractivity contribution in [2.45, 2.75) is 70.8 Å². The third-order valence-electron chi connectivity index (χ3n) is 5.09. The van der Waals surface area contributed by atoms with Gasteiger partial charge in [0.25, 0.3) is 0 Å². The monoisotopic (exact) mass is 252 g/mol. The van der Waals surface area contributed by atoms with Crippen molar-refractivity contribution in [1.29, 1.82) is 0 Å². The summed E-state index contributed by atoms with van der Waals surface area (Å²) in [5, 5.41) is 0. The second-order valence-corrected chi connectivity index (χ2v) is 6.71. The maximum atomic E-state index is 12.7. The molecule has 1 unspecified atom stereocenters. The summed E-state index contributed by atoms with van der Waals surface area (Å²) in [4.78, 5) is 14.7. The Balaban J connectivity index is 2.04. The van der Waals surface area contributed by atoms with Crippen LogP contribution >= 0.6 is 0 Å². The molecule has 2 rings (SSSR count). The van der Waals surface area contributed by atoms with Crippen LogP contribution in [0.3, 0.4) is 0 Å². The zero-order chi connectivity index (χ0) is 13.2. The van der Waals surface area contributed by atoms with Crippen molar-refractivity contribution >= 4 is 5.91 Å². The van der Waals surface area contributed by atoms with Gasteiger partial charge in [-0.15, -0.1) is 0 Å². The molecule has 1 aliphatic heterocycles. The van der Waals surface area contributed by atoms with Crippen LogP contribution in [0.25, 0.3) is 0 Å². The average Bonchev–Trinajstić information content (AvgIpc) is 2.39. The van der Waals surface area contributed by atoms with Crippen molar-refractivity contribution in [3.05, 3.63) is 0 Å². The number of rotatable bonds is 2. The highest BCUT2D eigenvalue weighted by Gasteiger charge is 2.41. The normalized spacial score (nSPS) is 32.3. The largest absolute Gasteiger partial charge is 0.341 e. The number of carbonyl (C=O) groups excluding carboxylic acids is 1. The maximum absolute atomic E-state index is 12.7. The van der Waals surface area contributed by atoms with Crippen LogP contribution in [0.5, 0.6) is 0 Å². The Kier molecular flexibility index (Phi) is 4.00. The molecule has 1 amide bonds. The van der Waals surface area contributed by atoms with Crippen LogP contribution in [0.4, 0.5) is 0 Å². The molecule has 0 radical (unpaired) electrons. The van der Waals surface area contributed by atoms with Gasteiger partial charge in [-0.05, 0) is 37.5 Å². The summed E-state index contributed by atoms with van der Waals surface area (Å²) in [6.07, 6.45) is 8.74. The molecule has 0 aromatic heterocycles. The van der Waals surface area contributed by atoms with Crippen LogP contribution in [-0.4, -0.2) is 29.4 Å². The third kappa shape index (κ3) is 2.71. The third-order valence-corrected chi connectivity index (χ3v) is 5.09. The van der Waals surface area contributed by atoms with E-state index in [0.29, 0.717) is 5.41 Å². The Morgan fingerprint density at radius 3 is 2.44 bits per heavy atom. The summed E-state index contributed by atoms with van der Waals surface area (Å²) in [6, 6.07) is 0. The van der Waals surface area contributed by atoms with Gasteiger partial charge in [0.1, 0.15) is 0 Å². The molecule has 18 heavy (non-hydrogen) atoms. The van der Waals surface area contributed by atoms with E-state index >= 15 is 0 Å². The number of nitrogens with two attached hydrogens (primary N) is 1. The number of nitrogens with zero attached hydrogens (tertiary/aromatic N) is 1. The smallest absolute Gasteiger partial charge is 0.242 e. The average molecular weight is 252 g/mol. The Labute approximate surface area is 111 Å². The molecular formula is C15H28N2O. The molecule has 3 nitrogen and oxygen atoms in total. The van der Waals surface area contributed by atoms with Gasteiger partial charge in [-0.1, -0.05) is 33.1 Å². The molecule has 2 fully saturated rings. The summed E-state index contributed by atoms with van der Waals surface area (Å²) in [5.41, 5.74) is 6.13. The molecule has 1 saturated heterocycles. The van der Waals surface area contributed by atoms with E-state index in [1.54, 1.807) is 0 Å². The molecular weight excluding hydrogens is 224 g/mol. The van der Waals surface area contributed by atoms with Gasteiger partial charge in [0.05, 0.1) is 5.54 Å². The van der Waals surface area contributed by atoms with E-state index in [4.69, 9.17) is 5.73 Å². The van der Waals surface area contributed by atoms with E-state index in [0.717, 1.165) is 51.6 Å². The SMILES string of the molecule is CCC1(C)CCCN(C(=O)C2(N)CCCCC2)C1. The number of likely N-dealkylation sites (tertiary alicyclic amines) is 1. The van der Waals surface area contributed by atoms with Crippen molar-refractivity contribution in [3.63, 3.8) is 0 Å². The predicted molar refractivity (Wildman–Crippen MR) is 74.2 cm³/mol. The van der Waals surface area contributed by atoms with Gasteiger partial charge in [0.2, 0.25) is 5.91 Å². The van der Waals surface area contributed by atoms with E-state index in [1.165, 1.54) is 12.8 Å². The minimum Gasteiger partial charge on any atom is -0.341 e. The summed E-state index contributed by atoms with van der Waals surface area (Å²) >= 11 is 0. The zero-order valence-electron chi connectivity index (χ0n) is 12.0. The van der Waals surface area contributed by atoms with E-state index in [9.17, 15) is 4.79 Å². The maximum Gasteiger partial charge on any atom is 0.242 e. The van der Waals surface area contributed by atoms with Crippen molar-refractivity contribution in [3.8, 4) is 0 Å². The molecule has 0 bridgehead atoms. The molecule has 2 N–H and O–H groups in total. The molecule has 3 heteroatoms. The van der Waals surface area contributed by atoms with Crippen molar-refractivity contribution < 1.29 is 4.79 Å². The van der Waals surface area contributed by atoms with Gasteiger partial charge < -0.3 is 10.6 Å². The summed E-state index contributed by atoms with van der Waals surface area (Å²) in [5.74, 6) is 0.224. The Morgan fingerprint density at radius 1 is 1.17 bits per heavy atom. The van der Waals surface area contributed by atoms with Crippen LogP contribution in [0.15, 0.2) is 0 Å². The van der Waals surface area contributed by atoms with Crippen molar-refractivity contribution in [2.75, 3.05) is 13.1 Å². The van der Waals surface area contributed by atoms with Gasteiger partial charge in [-0.2, -0.15) is 0 Å². The van der Waals surface area contributed by atoms with E-state index < -0.39 is 5.54 Å². The lowest BCUT2D eigenvalue weighted by molar-refractivity contribution is -0.141. The molecule has 0 aromatic carbocycles. The molecule has 1 aliphatic carbocycles. The van der Waals surface area contributed by atoms with Gasteiger partial charge in [-0.25, -0.2) is 0 Å². The van der Waals surface area contributed by atoms with Crippen molar-refractivity contribution in [2.24, 2.45) is 11.1 Å². The van der Waals surface area contributed by atoms with Gasteiger partial charge in [0.15, 0.2) is 0 Å². The molecule has 1 atom stereocenters.